The van der Waals surface area contributed by atoms with Crippen LogP contribution in [0.25, 0.3) is 0 Å². The van der Waals surface area contributed by atoms with Crippen molar-refractivity contribution >= 4 is 0 Å². The first kappa shape index (κ1) is 14.2. The van der Waals surface area contributed by atoms with E-state index in [4.69, 9.17) is 0 Å². The molecule has 1 unspecified atom stereocenters. The third-order valence-corrected chi connectivity index (χ3v) is 3.29. The number of hydrogen-bond acceptors (Lipinski definition) is 4. The van der Waals surface area contributed by atoms with Crippen LogP contribution >= 0.6 is 0 Å². The molecule has 0 aromatic heterocycles. The number of nitrogens with zero attached hydrogens (tertiary/aromatic N) is 1. The van der Waals surface area contributed by atoms with Gasteiger partial charge in [0, 0.05) is 45.8 Å². The molecule has 0 aromatic rings. The van der Waals surface area contributed by atoms with Crippen LogP contribution in [-0.2, 0) is 0 Å². The van der Waals surface area contributed by atoms with Crippen molar-refractivity contribution in [1.82, 2.24) is 20.9 Å². The van der Waals surface area contributed by atoms with Crippen molar-refractivity contribution in [2.45, 2.75) is 12.5 Å². The lowest BCUT2D eigenvalue weighted by Crippen LogP contribution is -2.55. The Kier molecular flexibility index (Phi) is 6.26. The Morgan fingerprint density at radius 2 is 1.59 bits per heavy atom. The summed E-state index contributed by atoms with van der Waals surface area (Å²) in [5.41, 5.74) is 0.0556. The van der Waals surface area contributed by atoms with Crippen LogP contribution in [0, 0.1) is 0 Å². The zero-order chi connectivity index (χ0) is 12.6. The lowest BCUT2D eigenvalue weighted by molar-refractivity contribution is 0.176. The Hall–Kier alpha value is -0.840. The lowest BCUT2D eigenvalue weighted by atomic mass is 9.98. The fraction of sp³-hybridized carbons (Fsp3) is 0.692. The summed E-state index contributed by atoms with van der Waals surface area (Å²) in [4.78, 5) is 2.22. The molecule has 4 nitrogen and oxygen atoms in total. The molecule has 4 heteroatoms. The van der Waals surface area contributed by atoms with Crippen LogP contribution < -0.4 is 16.0 Å². The fourth-order valence-corrected chi connectivity index (χ4v) is 1.99. The molecular formula is C13H26N4. The van der Waals surface area contributed by atoms with Crippen molar-refractivity contribution < 1.29 is 0 Å². The maximum absolute atomic E-state index is 3.82. The van der Waals surface area contributed by atoms with E-state index in [0.717, 1.165) is 45.8 Å². The summed E-state index contributed by atoms with van der Waals surface area (Å²) in [6.07, 6.45) is 3.86. The minimum Gasteiger partial charge on any atom is -0.367 e. The van der Waals surface area contributed by atoms with E-state index in [9.17, 15) is 0 Å². The molecule has 0 saturated carbocycles. The molecule has 2 heterocycles. The first-order valence-electron chi connectivity index (χ1n) is 6.38. The van der Waals surface area contributed by atoms with Gasteiger partial charge in [-0.25, -0.2) is 0 Å². The number of piperazine rings is 2. The van der Waals surface area contributed by atoms with Crippen LogP contribution in [-0.4, -0.2) is 56.3 Å². The Balaban J connectivity index is 0.000000202. The highest BCUT2D eigenvalue weighted by Crippen LogP contribution is 2.17. The van der Waals surface area contributed by atoms with Crippen LogP contribution in [0.15, 0.2) is 25.4 Å². The lowest BCUT2D eigenvalue weighted by Gasteiger charge is -2.42. The van der Waals surface area contributed by atoms with Gasteiger partial charge in [0.2, 0.25) is 0 Å². The second kappa shape index (κ2) is 7.48. The number of nitrogens with one attached hydrogen (secondary N) is 3. The summed E-state index contributed by atoms with van der Waals surface area (Å²) in [5, 5.41) is 9.77. The third-order valence-electron chi connectivity index (χ3n) is 3.29. The van der Waals surface area contributed by atoms with Gasteiger partial charge >= 0.3 is 0 Å². The minimum atomic E-state index is 0.0556. The molecule has 3 N–H and O–H groups in total. The maximum Gasteiger partial charge on any atom is 0.0672 e. The fourth-order valence-electron chi connectivity index (χ4n) is 1.99. The van der Waals surface area contributed by atoms with E-state index in [0.29, 0.717) is 0 Å². The summed E-state index contributed by atoms with van der Waals surface area (Å²) in [6, 6.07) is 0. The van der Waals surface area contributed by atoms with Gasteiger partial charge in [0.15, 0.2) is 0 Å². The Bertz CT molecular complexity index is 226. The van der Waals surface area contributed by atoms with Crippen molar-refractivity contribution in [1.29, 1.82) is 0 Å². The highest BCUT2D eigenvalue weighted by atomic mass is 15.2. The normalized spacial score (nSPS) is 28.9. The second-order valence-corrected chi connectivity index (χ2v) is 4.61. The quantitative estimate of drug-likeness (QED) is 0.599. The smallest absolute Gasteiger partial charge is 0.0672 e. The molecule has 1 atom stereocenters. The molecule has 0 radical (unpaired) electrons. The van der Waals surface area contributed by atoms with Crippen molar-refractivity contribution in [2.24, 2.45) is 0 Å². The molecular weight excluding hydrogens is 212 g/mol. The van der Waals surface area contributed by atoms with Crippen LogP contribution in [0.3, 0.4) is 0 Å². The van der Waals surface area contributed by atoms with E-state index >= 15 is 0 Å². The van der Waals surface area contributed by atoms with Crippen molar-refractivity contribution in [3.63, 3.8) is 0 Å². The number of rotatable bonds is 2. The van der Waals surface area contributed by atoms with Gasteiger partial charge in [-0.15, -0.1) is 6.58 Å². The standard InChI is InChI=1S/C9H16N2.C4H10N2/c1-4-9(3)8-10-6-7-11(9)5-2;1-2-6-4-3-5-1/h4-5,10H,1-2,6-8H2,3H3;5-6H,1-4H2. The predicted octanol–water partition coefficient (Wildman–Crippen LogP) is 0.159. The zero-order valence-corrected chi connectivity index (χ0v) is 11.0. The van der Waals surface area contributed by atoms with Crippen molar-refractivity contribution in [2.75, 3.05) is 45.8 Å². The van der Waals surface area contributed by atoms with Crippen LogP contribution in [0.5, 0.6) is 0 Å². The maximum atomic E-state index is 3.82. The second-order valence-electron chi connectivity index (χ2n) is 4.61. The van der Waals surface area contributed by atoms with E-state index in [2.05, 4.69) is 40.9 Å². The largest absolute Gasteiger partial charge is 0.367 e. The SMILES string of the molecule is C1CNCCN1.C=CN1CCNCC1(C)C=C. The molecule has 17 heavy (non-hydrogen) atoms. The summed E-state index contributed by atoms with van der Waals surface area (Å²) in [7, 11) is 0. The average Bonchev–Trinajstić information content (AvgIpc) is 2.42. The molecule has 98 valence electrons. The van der Waals surface area contributed by atoms with Gasteiger partial charge in [0.05, 0.1) is 5.54 Å². The molecule has 0 amide bonds. The molecule has 0 bridgehead atoms. The highest BCUT2D eigenvalue weighted by Gasteiger charge is 2.28. The van der Waals surface area contributed by atoms with Crippen LogP contribution in [0.1, 0.15) is 6.92 Å². The third kappa shape index (κ3) is 4.50. The monoisotopic (exact) mass is 238 g/mol. The van der Waals surface area contributed by atoms with Gasteiger partial charge in [-0.3, -0.25) is 0 Å². The highest BCUT2D eigenvalue weighted by molar-refractivity contribution is 5.07. The molecule has 2 saturated heterocycles. The summed E-state index contributed by atoms with van der Waals surface area (Å²) < 4.78 is 0. The molecule has 0 aromatic carbocycles. The molecule has 2 aliphatic heterocycles. The summed E-state index contributed by atoms with van der Waals surface area (Å²) in [6.45, 7) is 17.3. The molecule has 0 spiro atoms. The van der Waals surface area contributed by atoms with Crippen LogP contribution in [0.4, 0.5) is 0 Å². The van der Waals surface area contributed by atoms with E-state index in [1.807, 2.05) is 12.3 Å². The van der Waals surface area contributed by atoms with Gasteiger partial charge in [-0.05, 0) is 13.1 Å². The molecule has 2 aliphatic rings. The van der Waals surface area contributed by atoms with Gasteiger partial charge in [-0.2, -0.15) is 0 Å². The zero-order valence-electron chi connectivity index (χ0n) is 11.0. The van der Waals surface area contributed by atoms with Crippen molar-refractivity contribution in [3.05, 3.63) is 25.4 Å². The summed E-state index contributed by atoms with van der Waals surface area (Å²) >= 11 is 0. The molecule has 2 rings (SSSR count). The Morgan fingerprint density at radius 1 is 1.00 bits per heavy atom. The van der Waals surface area contributed by atoms with Crippen molar-refractivity contribution in [3.8, 4) is 0 Å². The molecule has 2 fully saturated rings. The first-order valence-corrected chi connectivity index (χ1v) is 6.38. The Morgan fingerprint density at radius 3 is 1.94 bits per heavy atom. The first-order chi connectivity index (χ1) is 8.23. The number of hydrogen-bond donors (Lipinski definition) is 3. The van der Waals surface area contributed by atoms with Gasteiger partial charge in [0.1, 0.15) is 0 Å². The van der Waals surface area contributed by atoms with E-state index in [-0.39, 0.29) is 5.54 Å². The van der Waals surface area contributed by atoms with E-state index < -0.39 is 0 Å². The van der Waals surface area contributed by atoms with E-state index in [1.54, 1.807) is 0 Å². The summed E-state index contributed by atoms with van der Waals surface area (Å²) in [5.74, 6) is 0. The predicted molar refractivity (Wildman–Crippen MR) is 74.1 cm³/mol. The van der Waals surface area contributed by atoms with Gasteiger partial charge in [-0.1, -0.05) is 12.7 Å². The van der Waals surface area contributed by atoms with E-state index in [1.165, 1.54) is 0 Å². The Labute approximate surface area is 105 Å². The van der Waals surface area contributed by atoms with Gasteiger partial charge in [0.25, 0.3) is 0 Å². The van der Waals surface area contributed by atoms with Gasteiger partial charge < -0.3 is 20.9 Å². The topological polar surface area (TPSA) is 39.3 Å². The molecule has 0 aliphatic carbocycles. The van der Waals surface area contributed by atoms with Crippen LogP contribution in [0.2, 0.25) is 0 Å². The average molecular weight is 238 g/mol. The minimum absolute atomic E-state index is 0.0556.